The maximum atomic E-state index is 13.5. The van der Waals surface area contributed by atoms with Gasteiger partial charge in [0.15, 0.2) is 18.3 Å². The number of carbonyl (C=O) groups excluding carboxylic acids is 4. The second kappa shape index (κ2) is 22.5. The average Bonchev–Trinajstić information content (AvgIpc) is 3.91. The molecular weight excluding hydrogens is 923 g/mol. The molecule has 0 bridgehead atoms. The molecule has 0 radical (unpaired) electrons. The molecule has 1 unspecified atom stereocenters. The van der Waals surface area contributed by atoms with E-state index >= 15 is 0 Å². The number of ether oxygens (including phenoxy) is 2. The lowest BCUT2D eigenvalue weighted by Gasteiger charge is -2.41. The molecule has 0 spiro atoms. The standard InChI is InChI=1S/C53H73N9O8S/c1-52(2,3)50(67)70-35-62-44(64)15-14-43(49(62)66)61-33-39-30-38(12-13-41(39)48(61)65)36-16-24-59(25-17-36)23-9-7-5-4-6-8-10-28-69-40-31-54-46(55-32-40)37-18-26-60(27-19-37)51-56-42-20-29-71(68)45(42)47(57-51)58-53(34-63)21-11-22-53/h12-13,30-32,36-37,43,63H,4-11,14-29,33-35H2,1-3H3,(H,56,57,58)/t43?,71-/m1/s1. The molecule has 7 heterocycles. The summed E-state index contributed by atoms with van der Waals surface area (Å²) in [7, 11) is 0. The van der Waals surface area contributed by atoms with Crippen LogP contribution in [-0.2, 0) is 43.3 Å². The summed E-state index contributed by atoms with van der Waals surface area (Å²) in [6, 6.07) is 5.37. The smallest absolute Gasteiger partial charge is 0.312 e. The van der Waals surface area contributed by atoms with Gasteiger partial charge >= 0.3 is 5.97 Å². The van der Waals surface area contributed by atoms with Crippen LogP contribution in [0.4, 0.5) is 11.8 Å². The third-order valence-electron chi connectivity index (χ3n) is 15.7. The maximum absolute atomic E-state index is 13.5. The van der Waals surface area contributed by atoms with Crippen molar-refractivity contribution in [3.63, 3.8) is 0 Å². The molecule has 1 aromatic carbocycles. The number of imide groups is 1. The van der Waals surface area contributed by atoms with Crippen molar-refractivity contribution in [3.05, 3.63) is 58.8 Å². The van der Waals surface area contributed by atoms with Gasteiger partial charge in [0.05, 0.1) is 36.6 Å². The van der Waals surface area contributed by atoms with E-state index in [0.29, 0.717) is 59.2 Å². The topological polar surface area (TPSA) is 207 Å². The Morgan fingerprint density at radius 2 is 1.61 bits per heavy atom. The molecule has 71 heavy (non-hydrogen) atoms. The molecule has 2 N–H and O–H groups in total. The van der Waals surface area contributed by atoms with Gasteiger partial charge in [-0.3, -0.25) is 19.2 Å². The molecule has 18 heteroatoms. The molecule has 17 nitrogen and oxygen atoms in total. The zero-order valence-electron chi connectivity index (χ0n) is 42.0. The van der Waals surface area contributed by atoms with Gasteiger partial charge in [0, 0.05) is 44.0 Å². The Hall–Kier alpha value is -4.91. The number of amides is 3. The van der Waals surface area contributed by atoms with Gasteiger partial charge in [0.25, 0.3) is 11.8 Å². The van der Waals surface area contributed by atoms with E-state index in [-0.39, 0.29) is 36.8 Å². The summed E-state index contributed by atoms with van der Waals surface area (Å²) < 4.78 is 24.2. The first-order chi connectivity index (χ1) is 34.3. The number of nitrogens with one attached hydrogen (secondary N) is 1. The van der Waals surface area contributed by atoms with Gasteiger partial charge in [-0.2, -0.15) is 4.98 Å². The Kier molecular flexibility index (Phi) is 16.1. The van der Waals surface area contributed by atoms with Crippen LogP contribution in [0.25, 0.3) is 0 Å². The molecule has 3 saturated heterocycles. The van der Waals surface area contributed by atoms with Gasteiger partial charge < -0.3 is 39.1 Å². The van der Waals surface area contributed by atoms with Gasteiger partial charge in [-0.1, -0.05) is 44.2 Å². The highest BCUT2D eigenvalue weighted by molar-refractivity contribution is 7.91. The summed E-state index contributed by atoms with van der Waals surface area (Å²) in [4.78, 5) is 79.2. The second-order valence-electron chi connectivity index (χ2n) is 21.7. The van der Waals surface area contributed by atoms with E-state index in [0.717, 1.165) is 112 Å². The van der Waals surface area contributed by atoms with E-state index in [1.807, 2.05) is 6.07 Å². The molecule has 6 aliphatic rings. The Bertz CT molecular complexity index is 2370. The molecule has 1 aliphatic carbocycles. The first kappa shape index (κ1) is 51.0. The highest BCUT2D eigenvalue weighted by Crippen LogP contribution is 2.40. The number of carbonyl (C=O) groups is 4. The first-order valence-corrected chi connectivity index (χ1v) is 27.7. The number of aryl methyl sites for hydroxylation is 1. The van der Waals surface area contributed by atoms with Crippen LogP contribution in [0.15, 0.2) is 35.5 Å². The molecule has 384 valence electrons. The first-order valence-electron chi connectivity index (χ1n) is 26.3. The van der Waals surface area contributed by atoms with Crippen LogP contribution in [-0.4, -0.2) is 138 Å². The van der Waals surface area contributed by atoms with Gasteiger partial charge in [-0.25, -0.2) is 19.9 Å². The molecule has 4 fully saturated rings. The van der Waals surface area contributed by atoms with Gasteiger partial charge in [0.1, 0.15) is 23.3 Å². The molecule has 3 amide bonds. The predicted octanol–water partition coefficient (Wildman–Crippen LogP) is 6.65. The molecule has 3 aromatic rings. The Labute approximate surface area is 421 Å². The minimum atomic E-state index is -1.12. The highest BCUT2D eigenvalue weighted by Gasteiger charge is 2.44. The number of hydrogen-bond donors (Lipinski definition) is 2. The van der Waals surface area contributed by atoms with Crippen molar-refractivity contribution in [2.45, 2.75) is 165 Å². The van der Waals surface area contributed by atoms with E-state index in [9.17, 15) is 28.8 Å². The van der Waals surface area contributed by atoms with Crippen molar-refractivity contribution in [1.29, 1.82) is 0 Å². The van der Waals surface area contributed by atoms with Crippen molar-refractivity contribution in [2.24, 2.45) is 5.41 Å². The number of anilines is 2. The minimum Gasteiger partial charge on any atom is -0.611 e. The summed E-state index contributed by atoms with van der Waals surface area (Å²) >= 11 is -1.12. The van der Waals surface area contributed by atoms with Crippen LogP contribution in [0.1, 0.15) is 168 Å². The Morgan fingerprint density at radius 1 is 0.901 bits per heavy atom. The number of hydrogen-bond acceptors (Lipinski definition) is 15. The summed E-state index contributed by atoms with van der Waals surface area (Å²) in [6.07, 6.45) is 19.7. The molecule has 2 atom stereocenters. The molecule has 5 aliphatic heterocycles. The molecule has 2 aromatic heterocycles. The number of aliphatic hydroxyl groups excluding tert-OH is 1. The number of benzene rings is 1. The van der Waals surface area contributed by atoms with E-state index in [2.05, 4.69) is 27.2 Å². The summed E-state index contributed by atoms with van der Waals surface area (Å²) in [5, 5.41) is 13.6. The number of esters is 1. The number of nitrogens with zero attached hydrogens (tertiary/aromatic N) is 8. The van der Waals surface area contributed by atoms with Crippen molar-refractivity contribution >= 4 is 46.6 Å². The number of piperidine rings is 3. The normalized spacial score (nSPS) is 21.9. The van der Waals surface area contributed by atoms with Gasteiger partial charge in [-0.15, -0.1) is 0 Å². The van der Waals surface area contributed by atoms with Gasteiger partial charge in [0.2, 0.25) is 16.8 Å². The van der Waals surface area contributed by atoms with Crippen LogP contribution < -0.4 is 15.0 Å². The van der Waals surface area contributed by atoms with Crippen LogP contribution >= 0.6 is 0 Å². The van der Waals surface area contributed by atoms with E-state index in [1.165, 1.54) is 37.7 Å². The fourth-order valence-electron chi connectivity index (χ4n) is 11.0. The monoisotopic (exact) mass is 996 g/mol. The second-order valence-corrected chi connectivity index (χ2v) is 23.2. The van der Waals surface area contributed by atoms with E-state index in [4.69, 9.17) is 29.4 Å². The number of aromatic nitrogens is 4. The number of unbranched alkanes of at least 4 members (excludes halogenated alkanes) is 6. The lowest BCUT2D eigenvalue weighted by atomic mass is 9.77. The van der Waals surface area contributed by atoms with Crippen LogP contribution in [0.3, 0.4) is 0 Å². The molecular formula is C53H73N9O8S. The highest BCUT2D eigenvalue weighted by atomic mass is 32.2. The lowest BCUT2D eigenvalue weighted by molar-refractivity contribution is -0.168. The number of fused-ring (bicyclic) bond motifs is 2. The van der Waals surface area contributed by atoms with Crippen LogP contribution in [0.5, 0.6) is 5.75 Å². The summed E-state index contributed by atoms with van der Waals surface area (Å²) in [5.74, 6) is 2.53. The van der Waals surface area contributed by atoms with Crippen molar-refractivity contribution in [2.75, 3.05) is 68.6 Å². The fraction of sp³-hybridized carbons (Fsp3) is 0.660. The lowest BCUT2D eigenvalue weighted by Crippen LogP contribution is -2.55. The average molecular weight is 996 g/mol. The van der Waals surface area contributed by atoms with Crippen molar-refractivity contribution in [1.82, 2.24) is 34.6 Å². The predicted molar refractivity (Wildman–Crippen MR) is 268 cm³/mol. The number of likely N-dealkylation sites (tertiary alicyclic amines) is 2. The quantitative estimate of drug-likeness (QED) is 0.0526. The Morgan fingerprint density at radius 3 is 2.30 bits per heavy atom. The third-order valence-corrected chi connectivity index (χ3v) is 17.1. The van der Waals surface area contributed by atoms with Crippen molar-refractivity contribution in [3.8, 4) is 5.75 Å². The summed E-state index contributed by atoms with van der Waals surface area (Å²) in [5.41, 5.74) is 2.51. The minimum absolute atomic E-state index is 0.0362. The van der Waals surface area contributed by atoms with E-state index in [1.54, 1.807) is 38.1 Å². The van der Waals surface area contributed by atoms with E-state index < -0.39 is 47.1 Å². The van der Waals surface area contributed by atoms with Gasteiger partial charge in [-0.05, 0) is 139 Å². The Balaban J connectivity index is 0.619. The zero-order chi connectivity index (χ0) is 49.7. The molecule has 9 rings (SSSR count). The number of rotatable bonds is 20. The molecule has 1 saturated carbocycles. The number of aliphatic hydroxyl groups is 1. The van der Waals surface area contributed by atoms with Crippen molar-refractivity contribution < 1.29 is 38.3 Å². The third kappa shape index (κ3) is 11.8. The van der Waals surface area contributed by atoms with Crippen LogP contribution in [0.2, 0.25) is 0 Å². The summed E-state index contributed by atoms with van der Waals surface area (Å²) in [6.45, 7) is 10.5. The zero-order valence-corrected chi connectivity index (χ0v) is 42.8. The van der Waals surface area contributed by atoms with Crippen LogP contribution in [0, 0.1) is 5.41 Å². The maximum Gasteiger partial charge on any atom is 0.312 e. The SMILES string of the molecule is CC(C)(C)C(=O)OCN1C(=O)CCC(N2Cc3cc(C4CCN(CCCCCCCCCOc5cnc(C6CCN(c7nc8c(c(NC9(CO)CCC9)n7)[S@+]([O-])CC8)CC6)nc5)CC4)ccc3C2=O)C1=O. The largest absolute Gasteiger partial charge is 0.611 e. The fourth-order valence-corrected chi connectivity index (χ4v) is 12.3.